The largest absolute Gasteiger partial charge is 0.453 e. The molecule has 40 heavy (non-hydrogen) atoms. The molecular weight excluding hydrogens is 520 g/mol. The summed E-state index contributed by atoms with van der Waals surface area (Å²) < 4.78 is 36.1. The molecule has 0 aliphatic rings. The molecule has 3 aromatic carbocycles. The van der Waals surface area contributed by atoms with Crippen molar-refractivity contribution in [1.29, 1.82) is 5.41 Å². The first-order valence-electron chi connectivity index (χ1n) is 12.0. The second kappa shape index (κ2) is 9.58. The summed E-state index contributed by atoms with van der Waals surface area (Å²) in [7, 11) is 0. The molecule has 6 rings (SSSR count). The maximum atomic E-state index is 15.3. The Labute approximate surface area is 223 Å². The maximum Gasteiger partial charge on any atom is 0.261 e. The normalized spacial score (nSPS) is 11.8. The summed E-state index contributed by atoms with van der Waals surface area (Å²) in [6, 6.07) is 12.8. The molecule has 0 unspecified atom stereocenters. The predicted octanol–water partition coefficient (Wildman–Crippen LogP) is 5.41. The molecule has 0 saturated carbocycles. The fourth-order valence-electron chi connectivity index (χ4n) is 4.40. The Morgan fingerprint density at radius 3 is 2.55 bits per heavy atom. The van der Waals surface area contributed by atoms with Gasteiger partial charge in [-0.2, -0.15) is 10.2 Å². The third-order valence-electron chi connectivity index (χ3n) is 6.23. The van der Waals surface area contributed by atoms with Crippen LogP contribution in [0.1, 0.15) is 5.69 Å². The zero-order chi connectivity index (χ0) is 28.0. The Hall–Kier alpha value is -5.65. The van der Waals surface area contributed by atoms with Gasteiger partial charge in [0.05, 0.1) is 27.9 Å². The lowest BCUT2D eigenvalue weighted by Gasteiger charge is -2.12. The van der Waals surface area contributed by atoms with E-state index in [9.17, 15) is 14.0 Å². The molecule has 0 saturated heterocycles. The number of hydrogen-bond acceptors (Lipinski definition) is 6. The number of halogens is 2. The summed E-state index contributed by atoms with van der Waals surface area (Å²) >= 11 is 0. The molecule has 3 heterocycles. The number of amides is 2. The molecular formula is C28H19F2N7O3. The molecule has 3 aromatic heterocycles. The highest BCUT2D eigenvalue weighted by molar-refractivity contribution is 6.28. The summed E-state index contributed by atoms with van der Waals surface area (Å²) in [5, 5.41) is 25.4. The van der Waals surface area contributed by atoms with Crippen LogP contribution < -0.4 is 10.6 Å². The van der Waals surface area contributed by atoms with Crippen molar-refractivity contribution in [3.63, 3.8) is 0 Å². The number of H-pyrrole nitrogens is 1. The SMILES string of the molecule is Cc1cc2c3cc4n[nH]cc4cc3oc3cc(c(NC(=O)C(=CC=N)C(=O)Nc4ccc(F)cc4)cc3F)n2n1. The number of fused-ring (bicyclic) bond motifs is 7. The number of allylic oxidation sites excluding steroid dienone is 1. The van der Waals surface area contributed by atoms with Gasteiger partial charge in [0, 0.05) is 41.0 Å². The summed E-state index contributed by atoms with van der Waals surface area (Å²) in [5.74, 6) is -3.01. The summed E-state index contributed by atoms with van der Waals surface area (Å²) in [5.41, 5.74) is 2.33. The van der Waals surface area contributed by atoms with Crippen LogP contribution in [0, 0.1) is 24.0 Å². The molecule has 0 aliphatic carbocycles. The highest BCUT2D eigenvalue weighted by atomic mass is 19.1. The highest BCUT2D eigenvalue weighted by Gasteiger charge is 2.21. The Morgan fingerprint density at radius 1 is 1.00 bits per heavy atom. The zero-order valence-corrected chi connectivity index (χ0v) is 20.8. The molecule has 0 atom stereocenters. The molecule has 4 N–H and O–H groups in total. The van der Waals surface area contributed by atoms with Crippen LogP contribution in [-0.2, 0) is 9.59 Å². The van der Waals surface area contributed by atoms with Gasteiger partial charge in [-0.05, 0) is 55.5 Å². The molecule has 0 spiro atoms. The van der Waals surface area contributed by atoms with E-state index in [1.54, 1.807) is 29.8 Å². The third kappa shape index (κ3) is 4.36. The van der Waals surface area contributed by atoms with Gasteiger partial charge < -0.3 is 20.5 Å². The number of aromatic nitrogens is 4. The van der Waals surface area contributed by atoms with Gasteiger partial charge in [0.15, 0.2) is 11.4 Å². The number of nitrogens with one attached hydrogen (secondary N) is 4. The van der Waals surface area contributed by atoms with Gasteiger partial charge in [0.25, 0.3) is 11.8 Å². The number of aromatic amines is 1. The van der Waals surface area contributed by atoms with Crippen LogP contribution in [0.4, 0.5) is 20.2 Å². The van der Waals surface area contributed by atoms with E-state index in [0.29, 0.717) is 27.7 Å². The molecule has 6 aromatic rings. The van der Waals surface area contributed by atoms with Crippen molar-refractivity contribution in [2.45, 2.75) is 6.92 Å². The molecule has 10 nitrogen and oxygen atoms in total. The number of carbonyl (C=O) groups is 2. The fourth-order valence-corrected chi connectivity index (χ4v) is 4.40. The Kier molecular flexibility index (Phi) is 5.91. The topological polar surface area (TPSA) is 141 Å². The lowest BCUT2D eigenvalue weighted by Crippen LogP contribution is -2.26. The van der Waals surface area contributed by atoms with Gasteiger partial charge in [0.1, 0.15) is 17.0 Å². The van der Waals surface area contributed by atoms with Crippen molar-refractivity contribution < 1.29 is 22.8 Å². The van der Waals surface area contributed by atoms with E-state index in [-0.39, 0.29) is 22.5 Å². The second-order valence-corrected chi connectivity index (χ2v) is 8.94. The van der Waals surface area contributed by atoms with Crippen molar-refractivity contribution >= 4 is 67.9 Å². The van der Waals surface area contributed by atoms with E-state index < -0.39 is 29.0 Å². The Morgan fingerprint density at radius 2 is 1.77 bits per heavy atom. The van der Waals surface area contributed by atoms with E-state index in [2.05, 4.69) is 25.9 Å². The first-order chi connectivity index (χ1) is 19.3. The molecule has 2 bridgehead atoms. The molecule has 2 amide bonds. The number of aryl methyl sites for hydroxylation is 1. The van der Waals surface area contributed by atoms with Crippen LogP contribution >= 0.6 is 0 Å². The fraction of sp³-hybridized carbons (Fsp3) is 0.0357. The van der Waals surface area contributed by atoms with Crippen molar-refractivity contribution in [3.8, 4) is 0 Å². The minimum absolute atomic E-state index is 0.00830. The van der Waals surface area contributed by atoms with Crippen molar-refractivity contribution in [1.82, 2.24) is 19.8 Å². The van der Waals surface area contributed by atoms with Crippen LogP contribution in [0.5, 0.6) is 0 Å². The lowest BCUT2D eigenvalue weighted by molar-refractivity contribution is -0.118. The summed E-state index contributed by atoms with van der Waals surface area (Å²) in [6.07, 6.45) is 3.48. The molecule has 0 radical (unpaired) electrons. The van der Waals surface area contributed by atoms with Gasteiger partial charge in [-0.3, -0.25) is 14.7 Å². The average molecular weight is 540 g/mol. The van der Waals surface area contributed by atoms with Gasteiger partial charge in [0.2, 0.25) is 0 Å². The van der Waals surface area contributed by atoms with E-state index >= 15 is 4.39 Å². The third-order valence-corrected chi connectivity index (χ3v) is 6.23. The maximum absolute atomic E-state index is 15.3. The van der Waals surface area contributed by atoms with Crippen LogP contribution in [0.25, 0.3) is 38.5 Å². The summed E-state index contributed by atoms with van der Waals surface area (Å²) in [4.78, 5) is 26.1. The van der Waals surface area contributed by atoms with Crippen LogP contribution in [-0.4, -0.2) is 37.8 Å². The van der Waals surface area contributed by atoms with E-state index in [4.69, 9.17) is 9.83 Å². The molecule has 0 aliphatic heterocycles. The van der Waals surface area contributed by atoms with Crippen LogP contribution in [0.15, 0.2) is 76.9 Å². The number of benzene rings is 3. The van der Waals surface area contributed by atoms with E-state index in [0.717, 1.165) is 35.9 Å². The number of anilines is 2. The minimum Gasteiger partial charge on any atom is -0.453 e. The second-order valence-electron chi connectivity index (χ2n) is 8.94. The van der Waals surface area contributed by atoms with Crippen molar-refractivity contribution in [2.75, 3.05) is 10.6 Å². The zero-order valence-electron chi connectivity index (χ0n) is 20.8. The number of carbonyl (C=O) groups excluding carboxylic acids is 2. The standard InChI is InChI=1S/C28H19F2N7O3/c1-14-8-23-19-10-21-15(13-32-35-21)9-25(19)40-26-12-24(37(23)36-14)22(11-20(26)30)34-28(39)18(6-7-31)27(38)33-17-4-2-16(29)3-5-17/h2-13,31H,1H3,(H,32,35)(H,33,38)(H,34,39). The molecule has 12 heteroatoms. The smallest absolute Gasteiger partial charge is 0.261 e. The quantitative estimate of drug-likeness (QED) is 0.100. The summed E-state index contributed by atoms with van der Waals surface area (Å²) in [6.45, 7) is 1.79. The van der Waals surface area contributed by atoms with Crippen molar-refractivity contribution in [2.24, 2.45) is 0 Å². The van der Waals surface area contributed by atoms with Crippen LogP contribution in [0.2, 0.25) is 0 Å². The Balaban J connectivity index is 1.48. The predicted molar refractivity (Wildman–Crippen MR) is 146 cm³/mol. The monoisotopic (exact) mass is 539 g/mol. The van der Waals surface area contributed by atoms with E-state index in [1.165, 1.54) is 18.2 Å². The molecule has 0 fully saturated rings. The average Bonchev–Trinajstić information content (AvgIpc) is 3.54. The van der Waals surface area contributed by atoms with Gasteiger partial charge in [-0.15, -0.1) is 0 Å². The highest BCUT2D eigenvalue weighted by Crippen LogP contribution is 2.31. The van der Waals surface area contributed by atoms with E-state index in [1.807, 2.05) is 6.07 Å². The number of rotatable bonds is 5. The molecule has 198 valence electrons. The lowest BCUT2D eigenvalue weighted by atomic mass is 10.1. The van der Waals surface area contributed by atoms with Crippen molar-refractivity contribution in [3.05, 3.63) is 89.8 Å². The van der Waals surface area contributed by atoms with Gasteiger partial charge in [-0.1, -0.05) is 0 Å². The van der Waals surface area contributed by atoms with Gasteiger partial charge in [-0.25, -0.2) is 13.3 Å². The van der Waals surface area contributed by atoms with Crippen LogP contribution in [0.3, 0.4) is 0 Å². The minimum atomic E-state index is -0.904. The first kappa shape index (κ1) is 24.7. The number of hydrogen-bond donors (Lipinski definition) is 4. The Bertz CT molecular complexity index is 2050. The van der Waals surface area contributed by atoms with Gasteiger partial charge >= 0.3 is 0 Å². The first-order valence-corrected chi connectivity index (χ1v) is 12.0. The number of nitrogens with zero attached hydrogens (tertiary/aromatic N) is 3.